The molecule has 1 aromatic heterocycles. The minimum absolute atomic E-state index is 0.0241. The Hall–Kier alpha value is -1.69. The number of hydrogen-bond acceptors (Lipinski definition) is 4. The van der Waals surface area contributed by atoms with Crippen LogP contribution in [-0.2, 0) is 0 Å². The average molecular weight is 255 g/mol. The molecular weight excluding hydrogens is 237 g/mol. The van der Waals surface area contributed by atoms with E-state index in [1.165, 1.54) is 31.3 Å². The Morgan fingerprint density at radius 1 is 1.61 bits per heavy atom. The van der Waals surface area contributed by atoms with Crippen molar-refractivity contribution in [1.29, 1.82) is 0 Å². The van der Waals surface area contributed by atoms with E-state index in [4.69, 9.17) is 0 Å². The third kappa shape index (κ3) is 2.59. The molecule has 6 heteroatoms. The molecule has 0 saturated heterocycles. The molecule has 0 aliphatic rings. The Labute approximate surface area is 106 Å². The molecular formula is C12H18FN3O2. The molecule has 100 valence electrons. The predicted octanol–water partition coefficient (Wildman–Crippen LogP) is 1.11. The molecule has 0 unspecified atom stereocenters. The highest BCUT2D eigenvalue weighted by Crippen LogP contribution is 2.20. The first-order valence-electron chi connectivity index (χ1n) is 5.56. The molecule has 18 heavy (non-hydrogen) atoms. The molecule has 0 fully saturated rings. The van der Waals surface area contributed by atoms with E-state index in [-0.39, 0.29) is 18.0 Å². The van der Waals surface area contributed by atoms with Gasteiger partial charge in [-0.1, -0.05) is 0 Å². The molecule has 2 N–H and O–H groups in total. The molecule has 1 heterocycles. The molecule has 0 aliphatic heterocycles. The van der Waals surface area contributed by atoms with Gasteiger partial charge < -0.3 is 15.3 Å². The predicted molar refractivity (Wildman–Crippen MR) is 67.0 cm³/mol. The van der Waals surface area contributed by atoms with Crippen molar-refractivity contribution >= 4 is 11.7 Å². The number of pyridine rings is 1. The summed E-state index contributed by atoms with van der Waals surface area (Å²) in [6.07, 6.45) is 1.36. The van der Waals surface area contributed by atoms with Gasteiger partial charge >= 0.3 is 0 Å². The number of carbonyl (C=O) groups is 1. The molecule has 0 atom stereocenters. The largest absolute Gasteiger partial charge is 0.394 e. The highest BCUT2D eigenvalue weighted by Gasteiger charge is 2.29. The summed E-state index contributed by atoms with van der Waals surface area (Å²) in [5, 5.41) is 11.8. The second kappa shape index (κ2) is 5.30. The smallest absolute Gasteiger partial charge is 0.257 e. The second-order valence-electron chi connectivity index (χ2n) is 4.61. The highest BCUT2D eigenvalue weighted by atomic mass is 19.1. The lowest BCUT2D eigenvalue weighted by Gasteiger charge is -2.34. The first-order valence-corrected chi connectivity index (χ1v) is 5.56. The lowest BCUT2D eigenvalue weighted by molar-refractivity contribution is 0.0469. The van der Waals surface area contributed by atoms with Gasteiger partial charge in [-0.25, -0.2) is 9.37 Å². The normalized spacial score (nSPS) is 11.2. The topological polar surface area (TPSA) is 65.5 Å². The summed E-state index contributed by atoms with van der Waals surface area (Å²) in [7, 11) is 3.05. The number of carbonyl (C=O) groups excluding carboxylic acids is 1. The first kappa shape index (κ1) is 14.4. The average Bonchev–Trinajstić information content (AvgIpc) is 2.37. The minimum Gasteiger partial charge on any atom is -0.394 e. The van der Waals surface area contributed by atoms with E-state index in [2.05, 4.69) is 10.3 Å². The fraction of sp³-hybridized carbons (Fsp3) is 0.500. The quantitative estimate of drug-likeness (QED) is 0.845. The molecule has 0 spiro atoms. The van der Waals surface area contributed by atoms with Crippen LogP contribution in [0.15, 0.2) is 12.3 Å². The van der Waals surface area contributed by atoms with Crippen molar-refractivity contribution in [2.75, 3.05) is 26.0 Å². The summed E-state index contributed by atoms with van der Waals surface area (Å²) in [4.78, 5) is 17.2. The Morgan fingerprint density at radius 3 is 2.72 bits per heavy atom. The van der Waals surface area contributed by atoms with Crippen LogP contribution in [0.4, 0.5) is 10.2 Å². The van der Waals surface area contributed by atoms with Crippen LogP contribution in [0.25, 0.3) is 0 Å². The van der Waals surface area contributed by atoms with Crippen LogP contribution in [0.1, 0.15) is 24.2 Å². The zero-order valence-electron chi connectivity index (χ0n) is 11.0. The van der Waals surface area contributed by atoms with Crippen molar-refractivity contribution in [3.63, 3.8) is 0 Å². The van der Waals surface area contributed by atoms with Gasteiger partial charge in [-0.2, -0.15) is 0 Å². The van der Waals surface area contributed by atoms with Crippen molar-refractivity contribution in [3.8, 4) is 0 Å². The zero-order chi connectivity index (χ0) is 13.9. The number of likely N-dealkylation sites (N-methyl/N-ethyl adjacent to an activating group) is 1. The minimum atomic E-state index is -0.757. The number of anilines is 1. The van der Waals surface area contributed by atoms with Gasteiger partial charge in [0.05, 0.1) is 17.7 Å². The van der Waals surface area contributed by atoms with E-state index in [1.807, 2.05) is 0 Å². The number of hydrogen-bond donors (Lipinski definition) is 2. The van der Waals surface area contributed by atoms with Crippen molar-refractivity contribution in [2.45, 2.75) is 19.4 Å². The molecule has 1 aromatic rings. The van der Waals surface area contributed by atoms with Crippen molar-refractivity contribution in [2.24, 2.45) is 0 Å². The molecule has 0 aliphatic carbocycles. The van der Waals surface area contributed by atoms with Crippen LogP contribution in [0.2, 0.25) is 0 Å². The van der Waals surface area contributed by atoms with Gasteiger partial charge in [0, 0.05) is 20.3 Å². The van der Waals surface area contributed by atoms with Crippen molar-refractivity contribution in [1.82, 2.24) is 9.88 Å². The van der Waals surface area contributed by atoms with Crippen LogP contribution in [-0.4, -0.2) is 47.1 Å². The van der Waals surface area contributed by atoms with Gasteiger partial charge in [0.1, 0.15) is 0 Å². The summed E-state index contributed by atoms with van der Waals surface area (Å²) in [6, 6.07) is 1.32. The van der Waals surface area contributed by atoms with Crippen molar-refractivity contribution in [3.05, 3.63) is 23.6 Å². The fourth-order valence-electron chi connectivity index (χ4n) is 1.34. The monoisotopic (exact) mass is 255 g/mol. The molecule has 1 amide bonds. The van der Waals surface area contributed by atoms with Crippen LogP contribution >= 0.6 is 0 Å². The van der Waals surface area contributed by atoms with E-state index >= 15 is 0 Å². The maximum Gasteiger partial charge on any atom is 0.257 e. The van der Waals surface area contributed by atoms with Crippen LogP contribution in [0.5, 0.6) is 0 Å². The number of aliphatic hydroxyl groups excluding tert-OH is 1. The van der Waals surface area contributed by atoms with E-state index < -0.39 is 17.3 Å². The summed E-state index contributed by atoms with van der Waals surface area (Å²) in [5.74, 6) is -1.16. The van der Waals surface area contributed by atoms with E-state index in [0.29, 0.717) is 0 Å². The van der Waals surface area contributed by atoms with Gasteiger partial charge in [-0.15, -0.1) is 0 Å². The number of aromatic nitrogens is 1. The molecule has 0 aromatic carbocycles. The standard InChI is InChI=1S/C12H18FN3O2/c1-12(2,7-17)16(4)11(18)8-5-6-15-10(14-3)9(8)13/h5-6,17H,7H2,1-4H3,(H,14,15). The Kier molecular flexibility index (Phi) is 4.24. The number of amides is 1. The third-order valence-electron chi connectivity index (χ3n) is 2.96. The number of nitrogens with one attached hydrogen (secondary N) is 1. The second-order valence-corrected chi connectivity index (χ2v) is 4.61. The van der Waals surface area contributed by atoms with E-state index in [9.17, 15) is 14.3 Å². The Morgan fingerprint density at radius 2 is 2.22 bits per heavy atom. The lowest BCUT2D eigenvalue weighted by Crippen LogP contribution is -2.47. The SMILES string of the molecule is CNc1nccc(C(=O)N(C)C(C)(C)CO)c1F. The number of halogens is 1. The highest BCUT2D eigenvalue weighted by molar-refractivity contribution is 5.95. The van der Waals surface area contributed by atoms with Gasteiger partial charge in [0.15, 0.2) is 11.6 Å². The number of nitrogens with zero attached hydrogens (tertiary/aromatic N) is 2. The van der Waals surface area contributed by atoms with E-state index in [1.54, 1.807) is 13.8 Å². The Balaban J connectivity index is 3.12. The molecule has 0 saturated carbocycles. The van der Waals surface area contributed by atoms with Crippen molar-refractivity contribution < 1.29 is 14.3 Å². The van der Waals surface area contributed by atoms with Crippen LogP contribution < -0.4 is 5.32 Å². The lowest BCUT2D eigenvalue weighted by atomic mass is 10.0. The summed E-state index contributed by atoms with van der Waals surface area (Å²) >= 11 is 0. The molecule has 5 nitrogen and oxygen atoms in total. The molecule has 1 rings (SSSR count). The fourth-order valence-corrected chi connectivity index (χ4v) is 1.34. The van der Waals surface area contributed by atoms with Crippen LogP contribution in [0, 0.1) is 5.82 Å². The summed E-state index contributed by atoms with van der Waals surface area (Å²) < 4.78 is 13.9. The van der Waals surface area contributed by atoms with Crippen LogP contribution in [0.3, 0.4) is 0 Å². The molecule has 0 bridgehead atoms. The summed E-state index contributed by atoms with van der Waals surface area (Å²) in [5.41, 5.74) is -0.828. The zero-order valence-corrected chi connectivity index (χ0v) is 11.0. The summed E-state index contributed by atoms with van der Waals surface area (Å²) in [6.45, 7) is 3.19. The van der Waals surface area contributed by atoms with Gasteiger partial charge in [-0.3, -0.25) is 4.79 Å². The maximum absolute atomic E-state index is 13.9. The number of rotatable bonds is 4. The number of aliphatic hydroxyl groups is 1. The van der Waals surface area contributed by atoms with E-state index in [0.717, 1.165) is 0 Å². The first-order chi connectivity index (χ1) is 8.35. The van der Waals surface area contributed by atoms with Gasteiger partial charge in [0.2, 0.25) is 0 Å². The third-order valence-corrected chi connectivity index (χ3v) is 2.96. The van der Waals surface area contributed by atoms with Gasteiger partial charge in [-0.05, 0) is 19.9 Å². The molecule has 0 radical (unpaired) electrons. The van der Waals surface area contributed by atoms with Gasteiger partial charge in [0.25, 0.3) is 5.91 Å². The Bertz CT molecular complexity index is 449. The maximum atomic E-state index is 13.9.